The van der Waals surface area contributed by atoms with E-state index in [0.717, 1.165) is 5.56 Å². The number of carboxylic acids is 1. The molecular weight excluding hydrogens is 256 g/mol. The van der Waals surface area contributed by atoms with Gasteiger partial charge in [-0.2, -0.15) is 0 Å². The summed E-state index contributed by atoms with van der Waals surface area (Å²) in [4.78, 5) is 23.4. The molecule has 0 saturated heterocycles. The molecule has 20 heavy (non-hydrogen) atoms. The molecule has 2 aromatic carbocycles. The van der Waals surface area contributed by atoms with Crippen LogP contribution in [0.2, 0.25) is 0 Å². The van der Waals surface area contributed by atoms with Crippen LogP contribution in [0.5, 0.6) is 5.75 Å². The lowest BCUT2D eigenvalue weighted by molar-refractivity contribution is -0.148. The number of carbonyl (C=O) groups is 2. The first kappa shape index (κ1) is 13.8. The number of carboxylic acid groups (broad SMARTS) is 1. The second-order valence-electron chi connectivity index (χ2n) is 4.42. The fourth-order valence-corrected chi connectivity index (χ4v) is 1.88. The van der Waals surface area contributed by atoms with E-state index in [1.807, 2.05) is 13.0 Å². The van der Waals surface area contributed by atoms with Gasteiger partial charge in [-0.3, -0.25) is 9.59 Å². The fraction of sp³-hybridized carbons (Fsp3) is 0.125. The van der Waals surface area contributed by atoms with Crippen LogP contribution in [0.3, 0.4) is 0 Å². The number of ether oxygens (including phenoxy) is 1. The van der Waals surface area contributed by atoms with Crippen LogP contribution in [0.4, 0.5) is 0 Å². The number of esters is 1. The lowest BCUT2D eigenvalue weighted by Gasteiger charge is -2.12. The molecule has 4 heteroatoms. The number of rotatable bonds is 4. The summed E-state index contributed by atoms with van der Waals surface area (Å²) < 4.78 is 5.15. The second kappa shape index (κ2) is 6.02. The van der Waals surface area contributed by atoms with Crippen LogP contribution in [0, 0.1) is 6.92 Å². The summed E-state index contributed by atoms with van der Waals surface area (Å²) in [6.45, 7) is 1.86. The summed E-state index contributed by atoms with van der Waals surface area (Å²) >= 11 is 0. The summed E-state index contributed by atoms with van der Waals surface area (Å²) in [5, 5.41) is 9.23. The number of hydrogen-bond acceptors (Lipinski definition) is 3. The van der Waals surface area contributed by atoms with E-state index in [1.54, 1.807) is 48.5 Å². The number of aliphatic carboxylic acids is 1. The van der Waals surface area contributed by atoms with Crippen LogP contribution in [0.1, 0.15) is 17.0 Å². The molecule has 1 atom stereocenters. The monoisotopic (exact) mass is 270 g/mol. The minimum atomic E-state index is -1.32. The first-order valence-corrected chi connectivity index (χ1v) is 6.14. The Morgan fingerprint density at radius 2 is 1.75 bits per heavy atom. The predicted molar refractivity (Wildman–Crippen MR) is 73.6 cm³/mol. The molecule has 0 heterocycles. The third-order valence-corrected chi connectivity index (χ3v) is 2.82. The Morgan fingerprint density at radius 1 is 1.05 bits per heavy atom. The maximum absolute atomic E-state index is 12.1. The second-order valence-corrected chi connectivity index (χ2v) is 4.42. The minimum Gasteiger partial charge on any atom is -0.480 e. The van der Waals surface area contributed by atoms with E-state index < -0.39 is 17.9 Å². The van der Waals surface area contributed by atoms with Crippen molar-refractivity contribution in [3.8, 4) is 5.75 Å². The first-order chi connectivity index (χ1) is 9.58. The van der Waals surface area contributed by atoms with Crippen molar-refractivity contribution in [3.63, 3.8) is 0 Å². The molecule has 0 aliphatic heterocycles. The smallest absolute Gasteiger partial charge is 0.330 e. The molecule has 4 nitrogen and oxygen atoms in total. The van der Waals surface area contributed by atoms with Gasteiger partial charge in [-0.15, -0.1) is 0 Å². The number of benzene rings is 2. The first-order valence-electron chi connectivity index (χ1n) is 6.14. The average Bonchev–Trinajstić information content (AvgIpc) is 2.39. The van der Waals surface area contributed by atoms with Crippen molar-refractivity contribution < 1.29 is 19.4 Å². The van der Waals surface area contributed by atoms with Gasteiger partial charge in [0.15, 0.2) is 5.92 Å². The molecule has 0 bridgehead atoms. The van der Waals surface area contributed by atoms with Crippen LogP contribution in [-0.4, -0.2) is 17.0 Å². The fourth-order valence-electron chi connectivity index (χ4n) is 1.88. The lowest BCUT2D eigenvalue weighted by Crippen LogP contribution is -2.26. The van der Waals surface area contributed by atoms with Crippen LogP contribution in [0.15, 0.2) is 54.6 Å². The van der Waals surface area contributed by atoms with Gasteiger partial charge in [-0.05, 0) is 30.2 Å². The molecule has 2 rings (SSSR count). The van der Waals surface area contributed by atoms with E-state index in [0.29, 0.717) is 11.3 Å². The van der Waals surface area contributed by atoms with Crippen molar-refractivity contribution in [1.82, 2.24) is 0 Å². The molecule has 0 spiro atoms. The Hall–Kier alpha value is -2.62. The van der Waals surface area contributed by atoms with E-state index in [2.05, 4.69) is 0 Å². The zero-order chi connectivity index (χ0) is 14.5. The van der Waals surface area contributed by atoms with Gasteiger partial charge in [0.25, 0.3) is 0 Å². The zero-order valence-corrected chi connectivity index (χ0v) is 10.9. The maximum atomic E-state index is 12.1. The van der Waals surface area contributed by atoms with Crippen molar-refractivity contribution in [2.45, 2.75) is 12.8 Å². The Bertz CT molecular complexity index is 619. The molecule has 0 aliphatic rings. The summed E-state index contributed by atoms with van der Waals surface area (Å²) in [7, 11) is 0. The Kier molecular flexibility index (Phi) is 4.15. The molecule has 1 unspecified atom stereocenters. The summed E-state index contributed by atoms with van der Waals surface area (Å²) in [6, 6.07) is 15.2. The molecule has 2 aromatic rings. The summed E-state index contributed by atoms with van der Waals surface area (Å²) in [5.74, 6) is -3.00. The van der Waals surface area contributed by atoms with Crippen LogP contribution >= 0.6 is 0 Å². The molecule has 0 saturated carbocycles. The molecule has 0 radical (unpaired) electrons. The third-order valence-electron chi connectivity index (χ3n) is 2.82. The molecular formula is C16H14O4. The number of aryl methyl sites for hydroxylation is 1. The summed E-state index contributed by atoms with van der Waals surface area (Å²) in [5.41, 5.74) is 1.33. The number of hydrogen-bond donors (Lipinski definition) is 1. The molecule has 0 aliphatic carbocycles. The largest absolute Gasteiger partial charge is 0.480 e. The zero-order valence-electron chi connectivity index (χ0n) is 10.9. The lowest BCUT2D eigenvalue weighted by atomic mass is 10.00. The van der Waals surface area contributed by atoms with E-state index in [9.17, 15) is 14.7 Å². The van der Waals surface area contributed by atoms with Crippen molar-refractivity contribution in [2.75, 3.05) is 0 Å². The van der Waals surface area contributed by atoms with E-state index >= 15 is 0 Å². The van der Waals surface area contributed by atoms with Crippen LogP contribution in [-0.2, 0) is 9.59 Å². The maximum Gasteiger partial charge on any atom is 0.330 e. The quantitative estimate of drug-likeness (QED) is 0.527. The normalized spacial score (nSPS) is 11.7. The summed E-state index contributed by atoms with van der Waals surface area (Å²) in [6.07, 6.45) is 0. The van der Waals surface area contributed by atoms with Gasteiger partial charge in [0, 0.05) is 0 Å². The van der Waals surface area contributed by atoms with Gasteiger partial charge in [0.1, 0.15) is 5.75 Å². The molecule has 102 valence electrons. The Morgan fingerprint density at radius 3 is 2.35 bits per heavy atom. The predicted octanol–water partition coefficient (Wildman–Crippen LogP) is 2.77. The topological polar surface area (TPSA) is 63.6 Å². The van der Waals surface area contributed by atoms with Crippen LogP contribution in [0.25, 0.3) is 0 Å². The van der Waals surface area contributed by atoms with Gasteiger partial charge >= 0.3 is 11.9 Å². The third kappa shape index (κ3) is 3.23. The van der Waals surface area contributed by atoms with Gasteiger partial charge in [0.2, 0.25) is 0 Å². The molecule has 0 aromatic heterocycles. The highest BCUT2D eigenvalue weighted by atomic mass is 16.5. The van der Waals surface area contributed by atoms with Gasteiger partial charge in [0.05, 0.1) is 0 Å². The highest BCUT2D eigenvalue weighted by molar-refractivity contribution is 6.00. The highest BCUT2D eigenvalue weighted by Gasteiger charge is 2.30. The Balaban J connectivity index is 2.23. The van der Waals surface area contributed by atoms with Crippen molar-refractivity contribution in [3.05, 3.63) is 65.7 Å². The van der Waals surface area contributed by atoms with Gasteiger partial charge < -0.3 is 9.84 Å². The Labute approximate surface area is 116 Å². The molecule has 1 N–H and O–H groups in total. The molecule has 0 fully saturated rings. The van der Waals surface area contributed by atoms with E-state index in [4.69, 9.17) is 4.74 Å². The number of carbonyl (C=O) groups excluding carboxylic acids is 1. The van der Waals surface area contributed by atoms with Crippen molar-refractivity contribution >= 4 is 11.9 Å². The minimum absolute atomic E-state index is 0.345. The van der Waals surface area contributed by atoms with Gasteiger partial charge in [-0.1, -0.05) is 42.5 Å². The SMILES string of the molecule is Cc1cccc(OC(=O)C(C(=O)O)c2ccccc2)c1. The standard InChI is InChI=1S/C16H14O4/c1-11-6-5-9-13(10-11)20-16(19)14(15(17)18)12-7-3-2-4-8-12/h2-10,14H,1H3,(H,17,18). The van der Waals surface area contributed by atoms with Crippen molar-refractivity contribution in [1.29, 1.82) is 0 Å². The average molecular weight is 270 g/mol. The molecule has 0 amide bonds. The highest BCUT2D eigenvalue weighted by Crippen LogP contribution is 2.20. The van der Waals surface area contributed by atoms with E-state index in [-0.39, 0.29) is 0 Å². The van der Waals surface area contributed by atoms with Crippen molar-refractivity contribution in [2.24, 2.45) is 0 Å². The van der Waals surface area contributed by atoms with Crippen LogP contribution < -0.4 is 4.74 Å². The van der Waals surface area contributed by atoms with E-state index in [1.165, 1.54) is 0 Å². The van der Waals surface area contributed by atoms with Gasteiger partial charge in [-0.25, -0.2) is 0 Å².